The Morgan fingerprint density at radius 2 is 2.05 bits per heavy atom. The molecular formula is C15H14FN3O. The number of nitrogen functional groups attached to an aromatic ring is 1. The van der Waals surface area contributed by atoms with Crippen LogP contribution < -0.4 is 16.4 Å². The molecule has 1 aliphatic heterocycles. The van der Waals surface area contributed by atoms with Gasteiger partial charge in [-0.2, -0.15) is 0 Å². The minimum atomic E-state index is -0.544. The molecule has 20 heavy (non-hydrogen) atoms. The molecule has 0 unspecified atom stereocenters. The monoisotopic (exact) mass is 271 g/mol. The number of benzene rings is 2. The summed E-state index contributed by atoms with van der Waals surface area (Å²) in [5, 5.41) is 0. The van der Waals surface area contributed by atoms with Crippen molar-refractivity contribution < 1.29 is 9.18 Å². The molecule has 2 aromatic rings. The third-order valence-electron chi connectivity index (χ3n) is 3.55. The van der Waals surface area contributed by atoms with Crippen LogP contribution in [0.2, 0.25) is 0 Å². The van der Waals surface area contributed by atoms with Gasteiger partial charge in [-0.25, -0.2) is 4.39 Å². The van der Waals surface area contributed by atoms with E-state index in [-0.39, 0.29) is 5.82 Å². The first-order valence-corrected chi connectivity index (χ1v) is 6.32. The van der Waals surface area contributed by atoms with Crippen LogP contribution in [0, 0.1) is 5.82 Å². The topological polar surface area (TPSA) is 72.3 Å². The highest BCUT2D eigenvalue weighted by atomic mass is 19.1. The summed E-state index contributed by atoms with van der Waals surface area (Å²) >= 11 is 0. The van der Waals surface area contributed by atoms with Gasteiger partial charge in [0.2, 0.25) is 0 Å². The smallest absolute Gasteiger partial charge is 0.250 e. The fraction of sp³-hybridized carbons (Fsp3) is 0.133. The highest BCUT2D eigenvalue weighted by Crippen LogP contribution is 2.39. The second-order valence-corrected chi connectivity index (χ2v) is 4.78. The fourth-order valence-corrected chi connectivity index (χ4v) is 2.65. The van der Waals surface area contributed by atoms with Gasteiger partial charge >= 0.3 is 0 Å². The minimum absolute atomic E-state index is 0.314. The number of carbonyl (C=O) groups is 1. The number of primary amides is 1. The molecule has 4 N–H and O–H groups in total. The summed E-state index contributed by atoms with van der Waals surface area (Å²) < 4.78 is 13.5. The number of rotatable bonds is 2. The average Bonchev–Trinajstić information content (AvgIpc) is 2.81. The van der Waals surface area contributed by atoms with Gasteiger partial charge in [0.1, 0.15) is 5.82 Å². The first kappa shape index (κ1) is 12.5. The molecule has 0 radical (unpaired) electrons. The summed E-state index contributed by atoms with van der Waals surface area (Å²) in [6.45, 7) is 0.646. The van der Waals surface area contributed by atoms with Crippen molar-refractivity contribution in [2.45, 2.75) is 6.42 Å². The van der Waals surface area contributed by atoms with E-state index in [1.807, 2.05) is 4.90 Å². The lowest BCUT2D eigenvalue weighted by atomic mass is 10.1. The Balaban J connectivity index is 2.18. The van der Waals surface area contributed by atoms with Crippen molar-refractivity contribution in [2.24, 2.45) is 5.73 Å². The van der Waals surface area contributed by atoms with E-state index in [1.165, 1.54) is 12.1 Å². The van der Waals surface area contributed by atoms with Gasteiger partial charge in [-0.3, -0.25) is 4.79 Å². The van der Waals surface area contributed by atoms with E-state index >= 15 is 0 Å². The first-order chi connectivity index (χ1) is 9.58. The Hall–Kier alpha value is -2.56. The van der Waals surface area contributed by atoms with Gasteiger partial charge in [-0.15, -0.1) is 0 Å². The predicted octanol–water partition coefficient (Wildman–Crippen LogP) is 2.20. The number of amides is 1. The van der Waals surface area contributed by atoms with Crippen LogP contribution in [0.25, 0.3) is 0 Å². The van der Waals surface area contributed by atoms with Crippen molar-refractivity contribution in [3.8, 4) is 0 Å². The van der Waals surface area contributed by atoms with Crippen molar-refractivity contribution in [3.63, 3.8) is 0 Å². The Morgan fingerprint density at radius 1 is 1.25 bits per heavy atom. The van der Waals surface area contributed by atoms with Crippen LogP contribution in [0.1, 0.15) is 15.9 Å². The zero-order chi connectivity index (χ0) is 14.3. The van der Waals surface area contributed by atoms with Crippen molar-refractivity contribution >= 4 is 23.0 Å². The molecule has 1 amide bonds. The largest absolute Gasteiger partial charge is 0.397 e. The summed E-state index contributed by atoms with van der Waals surface area (Å²) in [7, 11) is 0. The van der Waals surface area contributed by atoms with E-state index in [9.17, 15) is 9.18 Å². The zero-order valence-corrected chi connectivity index (χ0v) is 10.8. The van der Waals surface area contributed by atoms with E-state index in [0.717, 1.165) is 17.7 Å². The molecule has 1 heterocycles. The maximum Gasteiger partial charge on any atom is 0.250 e. The van der Waals surface area contributed by atoms with E-state index in [2.05, 4.69) is 0 Å². The molecule has 2 aromatic carbocycles. The van der Waals surface area contributed by atoms with Crippen molar-refractivity contribution in [2.75, 3.05) is 17.2 Å². The van der Waals surface area contributed by atoms with Crippen LogP contribution in [0.15, 0.2) is 36.4 Å². The lowest BCUT2D eigenvalue weighted by Crippen LogP contribution is -2.21. The third-order valence-corrected chi connectivity index (χ3v) is 3.55. The van der Waals surface area contributed by atoms with E-state index in [4.69, 9.17) is 11.5 Å². The number of fused-ring (bicyclic) bond motifs is 1. The van der Waals surface area contributed by atoms with Crippen LogP contribution >= 0.6 is 0 Å². The fourth-order valence-electron chi connectivity index (χ4n) is 2.65. The average molecular weight is 271 g/mol. The number of nitrogens with zero attached hydrogens (tertiary/aromatic N) is 1. The van der Waals surface area contributed by atoms with Crippen LogP contribution in [0.3, 0.4) is 0 Å². The lowest BCUT2D eigenvalue weighted by Gasteiger charge is -2.23. The number of anilines is 3. The molecule has 1 aliphatic rings. The SMILES string of the molecule is NC(=O)c1cccc(N)c1N1CCc2ccc(F)cc21. The first-order valence-electron chi connectivity index (χ1n) is 6.32. The van der Waals surface area contributed by atoms with Crippen LogP contribution in [0.5, 0.6) is 0 Å². The van der Waals surface area contributed by atoms with Gasteiger partial charge < -0.3 is 16.4 Å². The number of para-hydroxylation sites is 1. The third kappa shape index (κ3) is 1.87. The molecule has 0 fully saturated rings. The standard InChI is InChI=1S/C15H14FN3O/c16-10-5-4-9-6-7-19(13(9)8-10)14-11(15(18)20)2-1-3-12(14)17/h1-5,8H,6-7,17H2,(H2,18,20). The van der Waals surface area contributed by atoms with Crippen LogP contribution in [-0.4, -0.2) is 12.5 Å². The number of hydrogen-bond acceptors (Lipinski definition) is 3. The Labute approximate surface area is 115 Å². The number of carbonyl (C=O) groups excluding carboxylic acids is 1. The quantitative estimate of drug-likeness (QED) is 0.822. The molecule has 0 aromatic heterocycles. The molecule has 5 heteroatoms. The zero-order valence-electron chi connectivity index (χ0n) is 10.8. The Kier molecular flexibility index (Phi) is 2.82. The minimum Gasteiger partial charge on any atom is -0.397 e. The van der Waals surface area contributed by atoms with Crippen molar-refractivity contribution in [3.05, 3.63) is 53.3 Å². The number of nitrogens with two attached hydrogens (primary N) is 2. The van der Waals surface area contributed by atoms with Gasteiger partial charge in [0.05, 0.1) is 16.9 Å². The molecule has 0 bridgehead atoms. The summed E-state index contributed by atoms with van der Waals surface area (Å²) in [6.07, 6.45) is 0.780. The van der Waals surface area contributed by atoms with E-state index in [0.29, 0.717) is 23.5 Å². The molecule has 0 saturated heterocycles. The maximum atomic E-state index is 13.5. The molecule has 0 spiro atoms. The summed E-state index contributed by atoms with van der Waals surface area (Å²) in [4.78, 5) is 13.4. The second kappa shape index (κ2) is 4.52. The van der Waals surface area contributed by atoms with Crippen LogP contribution in [-0.2, 0) is 6.42 Å². The van der Waals surface area contributed by atoms with Gasteiger partial charge in [-0.05, 0) is 36.2 Å². The molecule has 0 atom stereocenters. The molecule has 102 valence electrons. The van der Waals surface area contributed by atoms with Gasteiger partial charge in [-0.1, -0.05) is 12.1 Å². The van der Waals surface area contributed by atoms with Crippen LogP contribution in [0.4, 0.5) is 21.5 Å². The van der Waals surface area contributed by atoms with Crippen molar-refractivity contribution in [1.82, 2.24) is 0 Å². The molecular weight excluding hydrogens is 257 g/mol. The molecule has 0 saturated carbocycles. The normalized spacial score (nSPS) is 13.3. The summed E-state index contributed by atoms with van der Waals surface area (Å²) in [5.41, 5.74) is 14.5. The maximum absolute atomic E-state index is 13.5. The summed E-state index contributed by atoms with van der Waals surface area (Å²) in [6, 6.07) is 9.67. The van der Waals surface area contributed by atoms with Crippen molar-refractivity contribution in [1.29, 1.82) is 0 Å². The predicted molar refractivity (Wildman–Crippen MR) is 76.5 cm³/mol. The van der Waals surface area contributed by atoms with E-state index in [1.54, 1.807) is 24.3 Å². The summed E-state index contributed by atoms with van der Waals surface area (Å²) in [5.74, 6) is -0.858. The van der Waals surface area contributed by atoms with Gasteiger partial charge in [0.25, 0.3) is 5.91 Å². The van der Waals surface area contributed by atoms with Gasteiger partial charge in [0.15, 0.2) is 0 Å². The highest BCUT2D eigenvalue weighted by molar-refractivity contribution is 6.03. The highest BCUT2D eigenvalue weighted by Gasteiger charge is 2.25. The molecule has 4 nitrogen and oxygen atoms in total. The molecule has 0 aliphatic carbocycles. The Bertz CT molecular complexity index is 700. The van der Waals surface area contributed by atoms with Gasteiger partial charge in [0, 0.05) is 12.2 Å². The number of halogens is 1. The number of hydrogen-bond donors (Lipinski definition) is 2. The van der Waals surface area contributed by atoms with E-state index < -0.39 is 5.91 Å². The Morgan fingerprint density at radius 3 is 2.80 bits per heavy atom. The molecule has 3 rings (SSSR count). The lowest BCUT2D eigenvalue weighted by molar-refractivity contribution is 0.100. The second-order valence-electron chi connectivity index (χ2n) is 4.78.